The fraction of sp³-hybridized carbons (Fsp3) is 0.286. The first-order chi connectivity index (χ1) is 9.11. The van der Waals surface area contributed by atoms with Gasteiger partial charge in [0.25, 0.3) is 0 Å². The normalized spacial score (nSPS) is 10.4. The minimum Gasteiger partial charge on any atom is -0.478 e. The quantitative estimate of drug-likeness (QED) is 0.879. The first kappa shape index (κ1) is 13.5. The van der Waals surface area contributed by atoms with Gasteiger partial charge in [0, 0.05) is 16.0 Å². The molecule has 2 rings (SSSR count). The third kappa shape index (κ3) is 3.12. The van der Waals surface area contributed by atoms with Gasteiger partial charge < -0.3 is 10.4 Å². The number of hydrogen-bond donors (Lipinski definition) is 2. The van der Waals surface area contributed by atoms with Gasteiger partial charge in [0.1, 0.15) is 11.4 Å². The number of nitrogens with one attached hydrogen (secondary N) is 1. The van der Waals surface area contributed by atoms with E-state index >= 15 is 0 Å². The van der Waals surface area contributed by atoms with Crippen LogP contribution in [0.4, 0.5) is 5.82 Å². The van der Waals surface area contributed by atoms with Gasteiger partial charge in [-0.25, -0.2) is 9.78 Å². The zero-order chi connectivity index (χ0) is 13.8. The van der Waals surface area contributed by atoms with Crippen LogP contribution in [0.3, 0.4) is 0 Å². The third-order valence-electron chi connectivity index (χ3n) is 2.87. The molecule has 0 amide bonds. The number of aryl methyl sites for hydroxylation is 2. The predicted octanol–water partition coefficient (Wildman–Crippen LogP) is 3.32. The van der Waals surface area contributed by atoms with Crippen molar-refractivity contribution in [3.05, 3.63) is 45.3 Å². The van der Waals surface area contributed by atoms with E-state index in [4.69, 9.17) is 0 Å². The number of rotatable bonds is 5. The molecule has 0 radical (unpaired) electrons. The lowest BCUT2D eigenvalue weighted by Crippen LogP contribution is -2.09. The van der Waals surface area contributed by atoms with Gasteiger partial charge in [0.15, 0.2) is 0 Å². The molecule has 2 aromatic rings. The molecule has 0 saturated heterocycles. The van der Waals surface area contributed by atoms with Crippen molar-refractivity contribution in [1.82, 2.24) is 4.98 Å². The summed E-state index contributed by atoms with van der Waals surface area (Å²) in [5, 5.41) is 12.3. The highest BCUT2D eigenvalue weighted by molar-refractivity contribution is 7.12. The summed E-state index contributed by atoms with van der Waals surface area (Å²) in [7, 11) is 0. The van der Waals surface area contributed by atoms with Crippen molar-refractivity contribution in [2.75, 3.05) is 5.32 Å². The molecule has 0 aliphatic carbocycles. The number of hydrogen-bond acceptors (Lipinski definition) is 4. The zero-order valence-electron chi connectivity index (χ0n) is 10.9. The largest absolute Gasteiger partial charge is 0.478 e. The Morgan fingerprint density at radius 3 is 2.74 bits per heavy atom. The molecule has 2 N–H and O–H groups in total. The maximum atomic E-state index is 11.2. The molecule has 0 aliphatic rings. The lowest BCUT2D eigenvalue weighted by Gasteiger charge is -2.09. The van der Waals surface area contributed by atoms with E-state index in [0.29, 0.717) is 17.9 Å². The molecule has 2 aromatic heterocycles. The van der Waals surface area contributed by atoms with Gasteiger partial charge in [-0.15, -0.1) is 11.3 Å². The highest BCUT2D eigenvalue weighted by atomic mass is 32.1. The molecule has 0 bridgehead atoms. The van der Waals surface area contributed by atoms with E-state index in [9.17, 15) is 9.90 Å². The van der Waals surface area contributed by atoms with Gasteiger partial charge in [-0.05, 0) is 37.1 Å². The van der Waals surface area contributed by atoms with E-state index in [0.717, 1.165) is 6.42 Å². The monoisotopic (exact) mass is 276 g/mol. The highest BCUT2D eigenvalue weighted by Crippen LogP contribution is 2.20. The molecule has 19 heavy (non-hydrogen) atoms. The van der Waals surface area contributed by atoms with Gasteiger partial charge in [0.05, 0.1) is 6.54 Å². The van der Waals surface area contributed by atoms with Crippen LogP contribution in [0.15, 0.2) is 24.4 Å². The molecular weight excluding hydrogens is 260 g/mol. The first-order valence-corrected chi connectivity index (χ1v) is 6.93. The minimum absolute atomic E-state index is 0.245. The SMILES string of the molecule is CCc1ccc(CNc2nccc(C)c2C(=O)O)s1. The average molecular weight is 276 g/mol. The van der Waals surface area contributed by atoms with Crippen LogP contribution < -0.4 is 5.32 Å². The summed E-state index contributed by atoms with van der Waals surface area (Å²) in [5.74, 6) is -0.521. The van der Waals surface area contributed by atoms with E-state index in [-0.39, 0.29) is 5.56 Å². The Labute approximate surface area is 116 Å². The van der Waals surface area contributed by atoms with Crippen LogP contribution in [0.1, 0.15) is 32.6 Å². The standard InChI is InChI=1S/C14H16N2O2S/c1-3-10-4-5-11(19-10)8-16-13-12(14(17)18)9(2)6-7-15-13/h4-7H,3,8H2,1-2H3,(H,15,16)(H,17,18). The Bertz CT molecular complexity index is 593. The summed E-state index contributed by atoms with van der Waals surface area (Å²) in [5.41, 5.74) is 0.959. The lowest BCUT2D eigenvalue weighted by molar-refractivity contribution is 0.0697. The Kier molecular flexibility index (Phi) is 4.16. The average Bonchev–Trinajstić information content (AvgIpc) is 2.83. The first-order valence-electron chi connectivity index (χ1n) is 6.12. The summed E-state index contributed by atoms with van der Waals surface area (Å²) in [6.07, 6.45) is 2.64. The van der Waals surface area contributed by atoms with Crippen LogP contribution in [0.2, 0.25) is 0 Å². The zero-order valence-corrected chi connectivity index (χ0v) is 11.8. The smallest absolute Gasteiger partial charge is 0.339 e. The number of pyridine rings is 1. The number of thiophene rings is 1. The van der Waals surface area contributed by atoms with Crippen LogP contribution in [0, 0.1) is 6.92 Å². The van der Waals surface area contributed by atoms with E-state index in [1.807, 2.05) is 0 Å². The molecular formula is C14H16N2O2S. The molecule has 0 spiro atoms. The van der Waals surface area contributed by atoms with Gasteiger partial charge in [-0.2, -0.15) is 0 Å². The summed E-state index contributed by atoms with van der Waals surface area (Å²) in [6.45, 7) is 4.49. The van der Waals surface area contributed by atoms with Gasteiger partial charge in [-0.1, -0.05) is 6.92 Å². The number of aromatic carboxylic acids is 1. The number of carboxylic acids is 1. The summed E-state index contributed by atoms with van der Waals surface area (Å²) < 4.78 is 0. The Morgan fingerprint density at radius 1 is 1.37 bits per heavy atom. The molecule has 0 aliphatic heterocycles. The number of aromatic nitrogens is 1. The molecule has 0 unspecified atom stereocenters. The topological polar surface area (TPSA) is 62.2 Å². The van der Waals surface area contributed by atoms with Crippen molar-refractivity contribution in [3.8, 4) is 0 Å². The minimum atomic E-state index is -0.950. The van der Waals surface area contributed by atoms with Crippen molar-refractivity contribution in [2.24, 2.45) is 0 Å². The van der Waals surface area contributed by atoms with Gasteiger partial charge in [0.2, 0.25) is 0 Å². The van der Waals surface area contributed by atoms with Gasteiger partial charge in [-0.3, -0.25) is 0 Å². The Balaban J connectivity index is 2.15. The molecule has 100 valence electrons. The van der Waals surface area contributed by atoms with Gasteiger partial charge >= 0.3 is 5.97 Å². The second-order valence-electron chi connectivity index (χ2n) is 4.23. The number of anilines is 1. The molecule has 4 nitrogen and oxygen atoms in total. The van der Waals surface area contributed by atoms with Crippen molar-refractivity contribution in [1.29, 1.82) is 0 Å². The van der Waals surface area contributed by atoms with E-state index < -0.39 is 5.97 Å². The van der Waals surface area contributed by atoms with Crippen LogP contribution >= 0.6 is 11.3 Å². The molecule has 2 heterocycles. The number of nitrogens with zero attached hydrogens (tertiary/aromatic N) is 1. The van der Waals surface area contributed by atoms with Crippen molar-refractivity contribution in [3.63, 3.8) is 0 Å². The van der Waals surface area contributed by atoms with Crippen LogP contribution in [-0.4, -0.2) is 16.1 Å². The highest BCUT2D eigenvalue weighted by Gasteiger charge is 2.14. The van der Waals surface area contributed by atoms with Crippen molar-refractivity contribution < 1.29 is 9.90 Å². The fourth-order valence-electron chi connectivity index (χ4n) is 1.84. The summed E-state index contributed by atoms with van der Waals surface area (Å²) in [4.78, 5) is 17.8. The second kappa shape index (κ2) is 5.84. The fourth-order valence-corrected chi connectivity index (χ4v) is 2.74. The molecule has 0 atom stereocenters. The predicted molar refractivity (Wildman–Crippen MR) is 77.0 cm³/mol. The Hall–Kier alpha value is -1.88. The summed E-state index contributed by atoms with van der Waals surface area (Å²) in [6, 6.07) is 5.87. The molecule has 5 heteroatoms. The lowest BCUT2D eigenvalue weighted by atomic mass is 10.1. The molecule has 0 fully saturated rings. The number of carboxylic acid groups (broad SMARTS) is 1. The maximum Gasteiger partial charge on any atom is 0.339 e. The second-order valence-corrected chi connectivity index (χ2v) is 5.48. The van der Waals surface area contributed by atoms with E-state index in [2.05, 4.69) is 29.4 Å². The van der Waals surface area contributed by atoms with E-state index in [1.54, 1.807) is 30.5 Å². The third-order valence-corrected chi connectivity index (χ3v) is 4.10. The van der Waals surface area contributed by atoms with Crippen LogP contribution in [-0.2, 0) is 13.0 Å². The van der Waals surface area contributed by atoms with Crippen LogP contribution in [0.5, 0.6) is 0 Å². The molecule has 0 saturated carbocycles. The van der Waals surface area contributed by atoms with Crippen molar-refractivity contribution >= 4 is 23.1 Å². The number of carbonyl (C=O) groups is 1. The van der Waals surface area contributed by atoms with Crippen molar-refractivity contribution in [2.45, 2.75) is 26.8 Å². The summed E-state index contributed by atoms with van der Waals surface area (Å²) >= 11 is 1.73. The van der Waals surface area contributed by atoms with E-state index in [1.165, 1.54) is 9.75 Å². The maximum absolute atomic E-state index is 11.2. The molecule has 0 aromatic carbocycles. The van der Waals surface area contributed by atoms with Crippen LogP contribution in [0.25, 0.3) is 0 Å². The Morgan fingerprint density at radius 2 is 2.11 bits per heavy atom.